The number of aromatic nitrogens is 1. The van der Waals surface area contributed by atoms with Crippen molar-refractivity contribution in [2.24, 2.45) is 0 Å². The number of carbonyl (C=O) groups is 8. The van der Waals surface area contributed by atoms with Crippen LogP contribution in [0.2, 0.25) is 0 Å². The van der Waals surface area contributed by atoms with Crippen LogP contribution in [0.1, 0.15) is 196 Å². The Morgan fingerprint density at radius 3 is 1.32 bits per heavy atom. The minimum Gasteiger partial charge on any atom is -0.493 e. The minimum atomic E-state index is -1.80. The maximum Gasteiger partial charge on any atom is 0.330 e. The Morgan fingerprint density at radius 1 is 0.500 bits per heavy atom. The average Bonchev–Trinajstić information content (AvgIpc) is 1.62. The van der Waals surface area contributed by atoms with E-state index in [0.717, 1.165) is 55.2 Å². The smallest absolute Gasteiger partial charge is 0.330 e. The third-order valence-electron chi connectivity index (χ3n) is 17.8. The summed E-state index contributed by atoms with van der Waals surface area (Å²) < 4.78 is 14.0. The second-order valence-electron chi connectivity index (χ2n) is 24.3. The van der Waals surface area contributed by atoms with Crippen LogP contribution in [0.25, 0.3) is 6.08 Å². The number of imide groups is 3. The Kier molecular flexibility index (Phi) is 21.8. The zero-order valence-electron chi connectivity index (χ0n) is 53.9. The lowest BCUT2D eigenvalue weighted by atomic mass is 9.87. The van der Waals surface area contributed by atoms with Gasteiger partial charge >= 0.3 is 5.97 Å². The van der Waals surface area contributed by atoms with Gasteiger partial charge in [0.2, 0.25) is 0 Å². The normalized spacial score (nSPS) is 13.3. The minimum absolute atomic E-state index is 0.147. The number of benzene rings is 7. The van der Waals surface area contributed by atoms with Gasteiger partial charge in [0.25, 0.3) is 41.4 Å². The second kappa shape index (κ2) is 31.4. The summed E-state index contributed by atoms with van der Waals surface area (Å²) in [7, 11) is 0. The highest BCUT2D eigenvalue weighted by Gasteiger charge is 2.37. The fourth-order valence-corrected chi connectivity index (χ4v) is 12.8. The SMILES string of the molecule is CCOC(=O)C=Cc1cc(C(=O)Nc2cc(CCCCCCN3C(=O)c4ccccc4C3=O)c(OCCCCCCN3C(=O)c4ccccc4C3=O)c(CCCCCCN3C(=O)c4ccccc4C3=O)c2)n(Cc2ccccc2)c1C#CC(O)(c1ccccc1)c1ccccc1. The average molecular weight is 1280 g/mol. The van der Waals surface area contributed by atoms with Crippen LogP contribution in [0.4, 0.5) is 5.69 Å². The van der Waals surface area contributed by atoms with E-state index in [1.54, 1.807) is 121 Å². The molecule has 0 unspecified atom stereocenters. The summed E-state index contributed by atoms with van der Waals surface area (Å²) in [5.74, 6) is 4.47. The monoisotopic (exact) mass is 1280 g/mol. The van der Waals surface area contributed by atoms with Crippen molar-refractivity contribution in [1.82, 2.24) is 19.3 Å². The van der Waals surface area contributed by atoms with Crippen molar-refractivity contribution in [2.45, 2.75) is 109 Å². The van der Waals surface area contributed by atoms with Gasteiger partial charge in [0.15, 0.2) is 5.60 Å². The van der Waals surface area contributed by atoms with E-state index in [2.05, 4.69) is 17.2 Å². The fourth-order valence-electron chi connectivity index (χ4n) is 12.8. The molecule has 0 saturated heterocycles. The van der Waals surface area contributed by atoms with E-state index < -0.39 is 17.5 Å². The van der Waals surface area contributed by atoms with Gasteiger partial charge in [-0.15, -0.1) is 0 Å². The van der Waals surface area contributed by atoms with Gasteiger partial charge in [0, 0.05) is 54.6 Å². The molecular formula is C80H77N5O11. The van der Waals surface area contributed by atoms with Crippen molar-refractivity contribution in [3.8, 4) is 17.6 Å². The molecule has 96 heavy (non-hydrogen) atoms. The molecule has 0 saturated carbocycles. The summed E-state index contributed by atoms with van der Waals surface area (Å²) in [5.41, 5.74) is 5.89. The molecule has 16 nitrogen and oxygen atoms in total. The number of aryl methyl sites for hydroxylation is 2. The van der Waals surface area contributed by atoms with E-state index in [4.69, 9.17) is 9.47 Å². The third kappa shape index (κ3) is 15.2. The molecular weight excluding hydrogens is 1210 g/mol. The van der Waals surface area contributed by atoms with Gasteiger partial charge in [0.05, 0.1) is 46.6 Å². The van der Waals surface area contributed by atoms with Crippen LogP contribution in [-0.2, 0) is 34.5 Å². The van der Waals surface area contributed by atoms with Crippen molar-refractivity contribution in [3.63, 3.8) is 0 Å². The fraction of sp³-hybridized carbons (Fsp3) is 0.275. The molecule has 7 aromatic carbocycles. The summed E-state index contributed by atoms with van der Waals surface area (Å²) in [6.07, 6.45) is 12.4. The molecule has 0 spiro atoms. The lowest BCUT2D eigenvalue weighted by Crippen LogP contribution is -2.30. The Bertz CT molecular complexity index is 4040. The molecule has 7 amide bonds. The van der Waals surface area contributed by atoms with Crippen LogP contribution in [0.3, 0.4) is 0 Å². The molecule has 0 radical (unpaired) electrons. The molecule has 11 rings (SSSR count). The Balaban J connectivity index is 0.888. The number of nitrogens with zero attached hydrogens (tertiary/aromatic N) is 4. The van der Waals surface area contributed by atoms with E-state index in [0.29, 0.717) is 145 Å². The summed E-state index contributed by atoms with van der Waals surface area (Å²) in [5, 5.41) is 16.0. The summed E-state index contributed by atoms with van der Waals surface area (Å²) in [6.45, 7) is 3.31. The molecule has 0 aliphatic carbocycles. The molecule has 3 aliphatic heterocycles. The molecule has 4 heterocycles. The zero-order valence-corrected chi connectivity index (χ0v) is 53.9. The third-order valence-corrected chi connectivity index (χ3v) is 17.8. The highest BCUT2D eigenvalue weighted by atomic mass is 16.5. The number of nitrogens with one attached hydrogen (secondary N) is 1. The Labute approximate surface area is 559 Å². The quantitative estimate of drug-likeness (QED) is 0.0138. The van der Waals surface area contributed by atoms with Crippen molar-refractivity contribution in [3.05, 3.63) is 266 Å². The van der Waals surface area contributed by atoms with Crippen LogP contribution in [0.15, 0.2) is 188 Å². The predicted molar refractivity (Wildman–Crippen MR) is 367 cm³/mol. The molecule has 1 aromatic heterocycles. The predicted octanol–water partition coefficient (Wildman–Crippen LogP) is 13.7. The number of rotatable bonds is 31. The van der Waals surface area contributed by atoms with Gasteiger partial charge in [-0.2, -0.15) is 0 Å². The van der Waals surface area contributed by atoms with Crippen molar-refractivity contribution in [1.29, 1.82) is 0 Å². The number of esters is 1. The van der Waals surface area contributed by atoms with E-state index in [-0.39, 0.29) is 54.3 Å². The number of amides is 7. The Morgan fingerprint density at radius 2 is 0.896 bits per heavy atom. The van der Waals surface area contributed by atoms with Gasteiger partial charge < -0.3 is 24.5 Å². The first-order valence-corrected chi connectivity index (χ1v) is 33.3. The molecule has 8 aromatic rings. The van der Waals surface area contributed by atoms with Crippen LogP contribution in [0.5, 0.6) is 5.75 Å². The maximum absolute atomic E-state index is 15.5. The van der Waals surface area contributed by atoms with Crippen LogP contribution >= 0.6 is 0 Å². The van der Waals surface area contributed by atoms with E-state index >= 15 is 4.79 Å². The van der Waals surface area contributed by atoms with E-state index in [1.165, 1.54) is 20.8 Å². The first-order valence-electron chi connectivity index (χ1n) is 33.3. The molecule has 3 aliphatic rings. The van der Waals surface area contributed by atoms with Crippen LogP contribution in [-0.4, -0.2) is 105 Å². The number of fused-ring (bicyclic) bond motifs is 3. The molecule has 488 valence electrons. The lowest BCUT2D eigenvalue weighted by molar-refractivity contribution is -0.137. The number of hydrogen-bond acceptors (Lipinski definition) is 11. The number of aliphatic hydroxyl groups is 1. The van der Waals surface area contributed by atoms with Gasteiger partial charge in [-0.3, -0.25) is 48.3 Å². The second-order valence-corrected chi connectivity index (χ2v) is 24.3. The number of carbonyl (C=O) groups excluding carboxylic acids is 8. The van der Waals surface area contributed by atoms with Crippen molar-refractivity contribution >= 4 is 59.1 Å². The molecule has 16 heteroatoms. The number of unbranched alkanes of at least 4 members (excludes halogenated alkanes) is 9. The highest BCUT2D eigenvalue weighted by Crippen LogP contribution is 2.35. The maximum atomic E-state index is 15.5. The highest BCUT2D eigenvalue weighted by molar-refractivity contribution is 6.22. The number of ether oxygens (including phenoxy) is 2. The molecule has 0 bridgehead atoms. The van der Waals surface area contributed by atoms with Gasteiger partial charge in [-0.1, -0.05) is 172 Å². The number of hydrogen-bond donors (Lipinski definition) is 2. The van der Waals surface area contributed by atoms with Crippen LogP contribution in [0, 0.1) is 11.8 Å². The molecule has 0 fully saturated rings. The van der Waals surface area contributed by atoms with Crippen LogP contribution < -0.4 is 10.1 Å². The molecule has 2 N–H and O–H groups in total. The standard InChI is InChI=1S/C80H77N5O11/c1-2-95-71(86)45-44-57-54-70(85(55-56-30-12-9-13-31-56)69(57)46-47-80(94,60-34-16-10-17-35-60)61-36-18-11-19-37-61)73(87)81-62-52-58(32-14-3-5-26-48-82-74(88)63-38-20-21-39-64(63)75(82)89)72(96-51-29-8-7-28-50-84-78(92)67-42-24-25-43-68(67)79(84)93)59(53-62)33-15-4-6-27-49-83-76(90)65-40-22-23-41-66(65)77(83)91/h9-13,16-25,30-31,34-45,52-54,94H,2-8,14-15,26-29,32-33,48-51,55H2,1H3,(H,81,87). The first kappa shape index (κ1) is 66.7. The van der Waals surface area contributed by atoms with Crippen molar-refractivity contribution in [2.75, 3.05) is 38.2 Å². The summed E-state index contributed by atoms with van der Waals surface area (Å²) in [6, 6.07) is 54.1. The van der Waals surface area contributed by atoms with Gasteiger partial charge in [0.1, 0.15) is 17.1 Å². The van der Waals surface area contributed by atoms with E-state index in [1.807, 2.05) is 78.9 Å². The lowest BCUT2D eigenvalue weighted by Gasteiger charge is -2.23. The van der Waals surface area contributed by atoms with E-state index in [9.17, 15) is 38.7 Å². The topological polar surface area (TPSA) is 202 Å². The number of anilines is 1. The zero-order chi connectivity index (χ0) is 67.0. The van der Waals surface area contributed by atoms with Gasteiger partial charge in [-0.05, 0) is 142 Å². The summed E-state index contributed by atoms with van der Waals surface area (Å²) in [4.78, 5) is 112. The van der Waals surface area contributed by atoms with Crippen molar-refractivity contribution < 1.29 is 52.9 Å². The summed E-state index contributed by atoms with van der Waals surface area (Å²) >= 11 is 0. The first-order chi connectivity index (χ1) is 46.8. The Hall–Kier alpha value is -10.8. The molecule has 0 atom stereocenters. The largest absolute Gasteiger partial charge is 0.493 e. The van der Waals surface area contributed by atoms with Gasteiger partial charge in [-0.25, -0.2) is 4.79 Å².